The minimum atomic E-state index is -3.87. The van der Waals surface area contributed by atoms with E-state index < -0.39 is 33.7 Å². The standard InChI is InChI=1S/C18H17ClFNO5S/c1-12(18(23)13-6-8-14(20)9-7-13)26-17(22)10-11-21-27(24,25)16-5-3-2-4-15(16)19/h2-9,12,21H,10-11H2,1H3/t12-/m0/s1. The summed E-state index contributed by atoms with van der Waals surface area (Å²) in [5.41, 5.74) is 0.205. The molecule has 2 aromatic carbocycles. The van der Waals surface area contributed by atoms with E-state index in [4.69, 9.17) is 16.3 Å². The predicted molar refractivity (Wildman–Crippen MR) is 97.5 cm³/mol. The van der Waals surface area contributed by atoms with Crippen LogP contribution in [0.5, 0.6) is 0 Å². The number of esters is 1. The lowest BCUT2D eigenvalue weighted by atomic mass is 10.1. The van der Waals surface area contributed by atoms with Crippen molar-refractivity contribution in [3.63, 3.8) is 0 Å². The van der Waals surface area contributed by atoms with Crippen LogP contribution in [0, 0.1) is 5.82 Å². The number of benzene rings is 2. The van der Waals surface area contributed by atoms with E-state index in [1.165, 1.54) is 37.3 Å². The third kappa shape index (κ3) is 5.85. The van der Waals surface area contributed by atoms with Gasteiger partial charge in [0.15, 0.2) is 6.10 Å². The zero-order chi connectivity index (χ0) is 20.0. The molecule has 2 rings (SSSR count). The van der Waals surface area contributed by atoms with E-state index in [0.717, 1.165) is 12.1 Å². The van der Waals surface area contributed by atoms with Gasteiger partial charge in [-0.05, 0) is 43.3 Å². The molecule has 0 saturated heterocycles. The molecule has 2 aromatic rings. The van der Waals surface area contributed by atoms with Crippen molar-refractivity contribution in [2.75, 3.05) is 6.54 Å². The molecule has 0 unspecified atom stereocenters. The zero-order valence-corrected chi connectivity index (χ0v) is 15.9. The number of hydrogen-bond donors (Lipinski definition) is 1. The number of carbonyl (C=O) groups is 2. The summed E-state index contributed by atoms with van der Waals surface area (Å²) in [6.07, 6.45) is -1.35. The Bertz CT molecular complexity index is 931. The van der Waals surface area contributed by atoms with Crippen LogP contribution < -0.4 is 4.72 Å². The second-order valence-corrected chi connectivity index (χ2v) is 7.72. The van der Waals surface area contributed by atoms with Crippen molar-refractivity contribution in [2.45, 2.75) is 24.3 Å². The van der Waals surface area contributed by atoms with Crippen LogP contribution in [0.1, 0.15) is 23.7 Å². The Kier molecular flexibility index (Phi) is 7.06. The van der Waals surface area contributed by atoms with Crippen LogP contribution in [0.15, 0.2) is 53.4 Å². The quantitative estimate of drug-likeness (QED) is 0.530. The fourth-order valence-electron chi connectivity index (χ4n) is 2.19. The molecule has 0 fully saturated rings. The minimum Gasteiger partial charge on any atom is -0.454 e. The number of Topliss-reactive ketones (excluding diaryl/α,β-unsaturated/α-hetero) is 1. The van der Waals surface area contributed by atoms with E-state index in [2.05, 4.69) is 4.72 Å². The highest BCUT2D eigenvalue weighted by Crippen LogP contribution is 2.20. The highest BCUT2D eigenvalue weighted by molar-refractivity contribution is 7.89. The minimum absolute atomic E-state index is 0.0612. The molecule has 0 aliphatic rings. The zero-order valence-electron chi connectivity index (χ0n) is 14.3. The van der Waals surface area contributed by atoms with Crippen molar-refractivity contribution < 1.29 is 27.1 Å². The second kappa shape index (κ2) is 9.07. The molecule has 6 nitrogen and oxygen atoms in total. The van der Waals surface area contributed by atoms with Crippen LogP contribution >= 0.6 is 11.6 Å². The molecular formula is C18H17ClFNO5S. The van der Waals surface area contributed by atoms with Crippen molar-refractivity contribution in [1.29, 1.82) is 0 Å². The number of halogens is 2. The van der Waals surface area contributed by atoms with Crippen LogP contribution in [0.4, 0.5) is 4.39 Å². The summed E-state index contributed by atoms with van der Waals surface area (Å²) >= 11 is 5.85. The van der Waals surface area contributed by atoms with Crippen molar-refractivity contribution in [1.82, 2.24) is 4.72 Å². The predicted octanol–water partition coefficient (Wildman–Crippen LogP) is 2.96. The number of sulfonamides is 1. The van der Waals surface area contributed by atoms with Crippen molar-refractivity contribution in [2.24, 2.45) is 0 Å². The molecule has 0 amide bonds. The molecule has 144 valence electrons. The van der Waals surface area contributed by atoms with E-state index in [-0.39, 0.29) is 28.4 Å². The molecule has 0 saturated carbocycles. The SMILES string of the molecule is C[C@H](OC(=O)CCNS(=O)(=O)c1ccccc1Cl)C(=O)c1ccc(F)cc1. The topological polar surface area (TPSA) is 89.5 Å². The number of carbonyl (C=O) groups excluding carboxylic acids is 2. The Balaban J connectivity index is 1.86. The Labute approximate surface area is 161 Å². The number of ether oxygens (including phenoxy) is 1. The largest absolute Gasteiger partial charge is 0.454 e. The summed E-state index contributed by atoms with van der Waals surface area (Å²) < 4.78 is 44.4. The number of hydrogen-bond acceptors (Lipinski definition) is 5. The summed E-state index contributed by atoms with van der Waals surface area (Å²) in [6, 6.07) is 10.7. The monoisotopic (exact) mass is 413 g/mol. The van der Waals surface area contributed by atoms with Gasteiger partial charge >= 0.3 is 5.97 Å². The molecule has 0 aliphatic heterocycles. The molecule has 0 aromatic heterocycles. The third-order valence-corrected chi connectivity index (χ3v) is 5.51. The fourth-order valence-corrected chi connectivity index (χ4v) is 3.74. The maximum absolute atomic E-state index is 12.9. The normalized spacial score (nSPS) is 12.4. The average molecular weight is 414 g/mol. The summed E-state index contributed by atoms with van der Waals surface area (Å²) in [7, 11) is -3.87. The molecule has 0 radical (unpaired) electrons. The van der Waals surface area contributed by atoms with Gasteiger partial charge in [-0.25, -0.2) is 17.5 Å². The summed E-state index contributed by atoms with van der Waals surface area (Å²) in [4.78, 5) is 23.9. The second-order valence-electron chi connectivity index (χ2n) is 5.58. The maximum Gasteiger partial charge on any atom is 0.307 e. The molecular weight excluding hydrogens is 397 g/mol. The van der Waals surface area contributed by atoms with E-state index in [1.54, 1.807) is 6.07 Å². The summed E-state index contributed by atoms with van der Waals surface area (Å²) in [5, 5.41) is 0.0612. The van der Waals surface area contributed by atoms with Gasteiger partial charge in [0.2, 0.25) is 15.8 Å². The maximum atomic E-state index is 12.9. The number of nitrogens with one attached hydrogen (secondary N) is 1. The van der Waals surface area contributed by atoms with E-state index in [9.17, 15) is 22.4 Å². The third-order valence-electron chi connectivity index (χ3n) is 3.55. The Hall–Kier alpha value is -2.29. The smallest absolute Gasteiger partial charge is 0.307 e. The molecule has 27 heavy (non-hydrogen) atoms. The molecule has 0 bridgehead atoms. The Morgan fingerprint density at radius 2 is 1.78 bits per heavy atom. The van der Waals surface area contributed by atoms with Gasteiger partial charge in [0, 0.05) is 12.1 Å². The van der Waals surface area contributed by atoms with Gasteiger partial charge in [-0.3, -0.25) is 9.59 Å². The molecule has 0 heterocycles. The summed E-state index contributed by atoms with van der Waals surface area (Å²) in [6.45, 7) is 1.17. The first kappa shape index (κ1) is 21.0. The number of ketones is 1. The first-order valence-electron chi connectivity index (χ1n) is 7.94. The van der Waals surface area contributed by atoms with Gasteiger partial charge in [0.05, 0.1) is 11.4 Å². The Morgan fingerprint density at radius 1 is 1.15 bits per heavy atom. The van der Waals surface area contributed by atoms with Gasteiger partial charge in [-0.1, -0.05) is 23.7 Å². The van der Waals surface area contributed by atoms with Gasteiger partial charge < -0.3 is 4.74 Å². The van der Waals surface area contributed by atoms with Gasteiger partial charge in [0.1, 0.15) is 10.7 Å². The first-order valence-corrected chi connectivity index (χ1v) is 9.80. The van der Waals surface area contributed by atoms with Crippen LogP contribution in [-0.2, 0) is 19.6 Å². The van der Waals surface area contributed by atoms with Gasteiger partial charge in [-0.2, -0.15) is 0 Å². The van der Waals surface area contributed by atoms with E-state index in [0.29, 0.717) is 0 Å². The molecule has 1 N–H and O–H groups in total. The average Bonchev–Trinajstić information content (AvgIpc) is 2.61. The van der Waals surface area contributed by atoms with Crippen LogP contribution in [0.2, 0.25) is 5.02 Å². The fraction of sp³-hybridized carbons (Fsp3) is 0.222. The van der Waals surface area contributed by atoms with Crippen LogP contribution in [0.25, 0.3) is 0 Å². The highest BCUT2D eigenvalue weighted by Gasteiger charge is 2.21. The Morgan fingerprint density at radius 3 is 2.41 bits per heavy atom. The van der Waals surface area contributed by atoms with Crippen LogP contribution in [-0.4, -0.2) is 32.8 Å². The lowest BCUT2D eigenvalue weighted by Crippen LogP contribution is -2.29. The van der Waals surface area contributed by atoms with E-state index in [1.807, 2.05) is 0 Å². The first-order chi connectivity index (χ1) is 12.7. The molecule has 1 atom stereocenters. The van der Waals surface area contributed by atoms with Crippen molar-refractivity contribution in [3.8, 4) is 0 Å². The highest BCUT2D eigenvalue weighted by atomic mass is 35.5. The van der Waals surface area contributed by atoms with Gasteiger partial charge in [0.25, 0.3) is 0 Å². The molecule has 9 heteroatoms. The lowest BCUT2D eigenvalue weighted by molar-refractivity contribution is -0.146. The van der Waals surface area contributed by atoms with E-state index >= 15 is 0 Å². The summed E-state index contributed by atoms with van der Waals surface area (Å²) in [5.74, 6) is -1.72. The molecule has 0 spiro atoms. The number of rotatable bonds is 8. The van der Waals surface area contributed by atoms with Gasteiger partial charge in [-0.15, -0.1) is 0 Å². The lowest BCUT2D eigenvalue weighted by Gasteiger charge is -2.13. The van der Waals surface area contributed by atoms with Crippen LogP contribution in [0.3, 0.4) is 0 Å². The molecule has 0 aliphatic carbocycles. The van der Waals surface area contributed by atoms with Crippen molar-refractivity contribution in [3.05, 3.63) is 64.9 Å². The van der Waals surface area contributed by atoms with Crippen molar-refractivity contribution >= 4 is 33.4 Å².